The van der Waals surface area contributed by atoms with Crippen molar-refractivity contribution in [2.75, 3.05) is 0 Å². The molecule has 0 spiro atoms. The molecule has 3 aliphatic carbocycles. The van der Waals surface area contributed by atoms with Crippen LogP contribution >= 0.6 is 12.4 Å². The Hall–Kier alpha value is -1.27. The summed E-state index contributed by atoms with van der Waals surface area (Å²) in [5, 5.41) is 0. The Morgan fingerprint density at radius 2 is 1.61 bits per heavy atom. The minimum absolute atomic E-state index is 0. The molecule has 156 valence electrons. The Morgan fingerprint density at radius 3 is 2.11 bits per heavy atom. The quantitative estimate of drug-likeness (QED) is 0.768. The third-order valence-electron chi connectivity index (χ3n) is 6.67. The summed E-state index contributed by atoms with van der Waals surface area (Å²) in [6, 6.07) is 5.68. The van der Waals surface area contributed by atoms with Crippen molar-refractivity contribution >= 4 is 18.3 Å². The van der Waals surface area contributed by atoms with Gasteiger partial charge in [0.1, 0.15) is 0 Å². The van der Waals surface area contributed by atoms with Crippen molar-refractivity contribution < 1.29 is 18.0 Å². The van der Waals surface area contributed by atoms with Gasteiger partial charge in [-0.3, -0.25) is 4.79 Å². The molecule has 4 rings (SSSR count). The number of carbonyl (C=O) groups excluding carboxylic acids is 1. The van der Waals surface area contributed by atoms with Gasteiger partial charge in [0.05, 0.1) is 5.56 Å². The summed E-state index contributed by atoms with van der Waals surface area (Å²) in [5.41, 5.74) is 6.46. The van der Waals surface area contributed by atoms with Gasteiger partial charge in [0.25, 0.3) is 0 Å². The van der Waals surface area contributed by atoms with Gasteiger partial charge in [-0.1, -0.05) is 18.6 Å². The SMILES string of the molecule is Cl.NC1C2CCCC1CC(C(=O)N(Cc1ccc(C(F)(F)F)cc1)C1CC1)C2. The summed E-state index contributed by atoms with van der Waals surface area (Å²) >= 11 is 0. The van der Waals surface area contributed by atoms with E-state index in [9.17, 15) is 18.0 Å². The largest absolute Gasteiger partial charge is 0.416 e. The second-order valence-corrected chi connectivity index (χ2v) is 8.59. The monoisotopic (exact) mass is 416 g/mol. The summed E-state index contributed by atoms with van der Waals surface area (Å²) < 4.78 is 38.3. The van der Waals surface area contributed by atoms with E-state index in [4.69, 9.17) is 5.73 Å². The molecule has 1 amide bonds. The van der Waals surface area contributed by atoms with Crippen molar-refractivity contribution in [1.29, 1.82) is 0 Å². The van der Waals surface area contributed by atoms with Crippen LogP contribution in [0.2, 0.25) is 0 Å². The Balaban J connectivity index is 0.00000225. The zero-order chi connectivity index (χ0) is 19.2. The third kappa shape index (κ3) is 4.48. The predicted molar refractivity (Wildman–Crippen MR) is 104 cm³/mol. The number of hydrogen-bond acceptors (Lipinski definition) is 2. The highest BCUT2D eigenvalue weighted by molar-refractivity contribution is 5.85. The molecule has 0 aliphatic heterocycles. The van der Waals surface area contributed by atoms with Gasteiger partial charge < -0.3 is 10.6 Å². The number of rotatable bonds is 4. The maximum atomic E-state index is 13.3. The second kappa shape index (κ2) is 8.23. The maximum absolute atomic E-state index is 13.3. The van der Waals surface area contributed by atoms with Crippen LogP contribution in [0, 0.1) is 17.8 Å². The molecule has 0 aromatic heterocycles. The summed E-state index contributed by atoms with van der Waals surface area (Å²) in [7, 11) is 0. The summed E-state index contributed by atoms with van der Waals surface area (Å²) in [5.74, 6) is 1.09. The van der Waals surface area contributed by atoms with Crippen molar-refractivity contribution in [3.05, 3.63) is 35.4 Å². The van der Waals surface area contributed by atoms with Crippen molar-refractivity contribution in [3.8, 4) is 0 Å². The van der Waals surface area contributed by atoms with E-state index >= 15 is 0 Å². The highest BCUT2D eigenvalue weighted by atomic mass is 35.5. The molecule has 2 bridgehead atoms. The summed E-state index contributed by atoms with van der Waals surface area (Å²) in [6.45, 7) is 0.402. The van der Waals surface area contributed by atoms with Gasteiger partial charge in [-0.25, -0.2) is 0 Å². The van der Waals surface area contributed by atoms with E-state index in [2.05, 4.69) is 0 Å². The lowest BCUT2D eigenvalue weighted by Gasteiger charge is -2.44. The van der Waals surface area contributed by atoms with Gasteiger partial charge in [0, 0.05) is 24.5 Å². The minimum Gasteiger partial charge on any atom is -0.335 e. The maximum Gasteiger partial charge on any atom is 0.416 e. The average molecular weight is 417 g/mol. The van der Waals surface area contributed by atoms with Crippen LogP contribution in [0.5, 0.6) is 0 Å². The Kier molecular flexibility index (Phi) is 6.30. The normalized spacial score (nSPS) is 29.7. The molecule has 1 aromatic rings. The summed E-state index contributed by atoms with van der Waals surface area (Å²) in [6.07, 6.45) is 2.83. The molecule has 7 heteroatoms. The van der Waals surface area contributed by atoms with E-state index in [0.717, 1.165) is 56.2 Å². The van der Waals surface area contributed by atoms with Crippen molar-refractivity contribution in [2.45, 2.75) is 69.8 Å². The highest BCUT2D eigenvalue weighted by Crippen LogP contribution is 2.43. The molecule has 3 aliphatic rings. The van der Waals surface area contributed by atoms with Crippen LogP contribution in [-0.2, 0) is 17.5 Å². The fourth-order valence-corrected chi connectivity index (χ4v) is 4.99. The average Bonchev–Trinajstić information content (AvgIpc) is 3.43. The highest BCUT2D eigenvalue weighted by Gasteiger charge is 2.43. The number of benzene rings is 1. The van der Waals surface area contributed by atoms with Crippen molar-refractivity contribution in [3.63, 3.8) is 0 Å². The number of amides is 1. The number of halogens is 4. The van der Waals surface area contributed by atoms with Crippen LogP contribution in [0.25, 0.3) is 0 Å². The molecule has 3 saturated carbocycles. The fourth-order valence-electron chi connectivity index (χ4n) is 4.99. The van der Waals surface area contributed by atoms with Gasteiger partial charge in [-0.05, 0) is 68.1 Å². The van der Waals surface area contributed by atoms with Crippen LogP contribution in [0.3, 0.4) is 0 Å². The Bertz CT molecular complexity index is 676. The van der Waals surface area contributed by atoms with Crippen LogP contribution in [-0.4, -0.2) is 22.9 Å². The zero-order valence-electron chi connectivity index (χ0n) is 15.8. The first-order valence-electron chi connectivity index (χ1n) is 10.0. The molecule has 1 aromatic carbocycles. The van der Waals surface area contributed by atoms with Gasteiger partial charge in [0.15, 0.2) is 0 Å². The van der Waals surface area contributed by atoms with E-state index in [1.165, 1.54) is 18.6 Å². The number of carbonyl (C=O) groups is 1. The first-order chi connectivity index (χ1) is 12.8. The second-order valence-electron chi connectivity index (χ2n) is 8.59. The molecule has 2 N–H and O–H groups in total. The number of fused-ring (bicyclic) bond motifs is 2. The molecule has 0 radical (unpaired) electrons. The lowest BCUT2D eigenvalue weighted by atomic mass is 9.65. The Labute approximate surface area is 170 Å². The van der Waals surface area contributed by atoms with E-state index in [-0.39, 0.29) is 36.3 Å². The third-order valence-corrected chi connectivity index (χ3v) is 6.67. The van der Waals surface area contributed by atoms with E-state index in [0.29, 0.717) is 18.4 Å². The molecular weight excluding hydrogens is 389 g/mol. The first-order valence-corrected chi connectivity index (χ1v) is 10.0. The molecule has 28 heavy (non-hydrogen) atoms. The van der Waals surface area contributed by atoms with Crippen molar-refractivity contribution in [2.24, 2.45) is 23.5 Å². The van der Waals surface area contributed by atoms with Crippen LogP contribution in [0.4, 0.5) is 13.2 Å². The van der Waals surface area contributed by atoms with Crippen LogP contribution in [0.1, 0.15) is 56.1 Å². The van der Waals surface area contributed by atoms with Crippen LogP contribution < -0.4 is 5.73 Å². The fraction of sp³-hybridized carbons (Fsp3) is 0.667. The Morgan fingerprint density at radius 1 is 1.04 bits per heavy atom. The summed E-state index contributed by atoms with van der Waals surface area (Å²) in [4.78, 5) is 15.2. The molecule has 3 nitrogen and oxygen atoms in total. The molecule has 2 unspecified atom stereocenters. The minimum atomic E-state index is -4.33. The standard InChI is InChI=1S/C21H27F3N2O.ClH/c22-21(23,24)17-6-4-13(5-7-17)12-26(18-8-9-18)20(27)16-10-14-2-1-3-15(11-16)19(14)25;/h4-7,14-16,18-19H,1-3,8-12,25H2;1H. The number of nitrogens with zero attached hydrogens (tertiary/aromatic N) is 1. The molecule has 3 fully saturated rings. The van der Waals surface area contributed by atoms with E-state index in [1.807, 2.05) is 4.90 Å². The number of hydrogen-bond donors (Lipinski definition) is 1. The van der Waals surface area contributed by atoms with Gasteiger partial charge >= 0.3 is 6.18 Å². The van der Waals surface area contributed by atoms with E-state index < -0.39 is 11.7 Å². The lowest BCUT2D eigenvalue weighted by molar-refractivity contribution is -0.140. The molecular formula is C21H28ClF3N2O. The zero-order valence-corrected chi connectivity index (χ0v) is 16.6. The van der Waals surface area contributed by atoms with Crippen LogP contribution in [0.15, 0.2) is 24.3 Å². The smallest absolute Gasteiger partial charge is 0.335 e. The molecule has 2 atom stereocenters. The van der Waals surface area contributed by atoms with Gasteiger partial charge in [0.2, 0.25) is 5.91 Å². The van der Waals surface area contributed by atoms with E-state index in [1.54, 1.807) is 0 Å². The molecule has 0 saturated heterocycles. The number of nitrogens with two attached hydrogens (primary N) is 1. The van der Waals surface area contributed by atoms with Gasteiger partial charge in [-0.15, -0.1) is 12.4 Å². The predicted octanol–water partition coefficient (Wildman–Crippen LogP) is 4.77. The molecule has 0 heterocycles. The van der Waals surface area contributed by atoms with Gasteiger partial charge in [-0.2, -0.15) is 13.2 Å². The van der Waals surface area contributed by atoms with Crippen molar-refractivity contribution in [1.82, 2.24) is 4.90 Å². The topological polar surface area (TPSA) is 46.3 Å². The lowest BCUT2D eigenvalue weighted by Crippen LogP contribution is -2.50. The first kappa shape index (κ1) is 21.4. The number of alkyl halides is 3.